The topological polar surface area (TPSA) is 54.5 Å². The first-order chi connectivity index (χ1) is 4.93. The number of hydrogen-bond donors (Lipinski definition) is 1. The number of rotatable bonds is 3. The Morgan fingerprint density at radius 3 is 3.10 bits per heavy atom. The molecule has 0 aromatic carbocycles. The Bertz CT molecular complexity index is 190. The number of nitrogens with one attached hydrogen (secondary N) is 1. The highest BCUT2D eigenvalue weighted by Gasteiger charge is 1.85. The summed E-state index contributed by atoms with van der Waals surface area (Å²) < 4.78 is 0. The summed E-state index contributed by atoms with van der Waals surface area (Å²) in [5.41, 5.74) is 0. The van der Waals surface area contributed by atoms with Gasteiger partial charge in [-0.2, -0.15) is 0 Å². The monoisotopic (exact) mass is 138 g/mol. The minimum Gasteiger partial charge on any atom is -0.239 e. The molecule has 0 unspecified atom stereocenters. The summed E-state index contributed by atoms with van der Waals surface area (Å²) in [6, 6.07) is 0. The third kappa shape index (κ3) is 1.97. The number of H-pyrrole nitrogens is 1. The number of aromatic nitrogens is 4. The first-order valence-corrected chi connectivity index (χ1v) is 3.33. The zero-order valence-electron chi connectivity index (χ0n) is 5.91. The van der Waals surface area contributed by atoms with Gasteiger partial charge in [0.15, 0.2) is 5.82 Å². The van der Waals surface area contributed by atoms with Crippen LogP contribution in [0.1, 0.15) is 25.6 Å². The molecule has 0 saturated heterocycles. The number of tetrazole rings is 1. The highest BCUT2D eigenvalue weighted by molar-refractivity contribution is 5.37. The van der Waals surface area contributed by atoms with Crippen molar-refractivity contribution in [2.75, 3.05) is 0 Å². The molecule has 1 aromatic rings. The van der Waals surface area contributed by atoms with Gasteiger partial charge in [-0.05, 0) is 22.9 Å². The van der Waals surface area contributed by atoms with E-state index in [9.17, 15) is 0 Å². The van der Waals surface area contributed by atoms with Crippen LogP contribution in [0.25, 0.3) is 6.08 Å². The van der Waals surface area contributed by atoms with E-state index in [4.69, 9.17) is 0 Å². The first-order valence-electron chi connectivity index (χ1n) is 3.33. The second kappa shape index (κ2) is 3.76. The number of nitrogens with zero attached hydrogens (tertiary/aromatic N) is 3. The number of hydrogen-bond acceptors (Lipinski definition) is 3. The van der Waals surface area contributed by atoms with Crippen molar-refractivity contribution < 1.29 is 0 Å². The molecule has 1 heterocycles. The normalized spacial score (nSPS) is 10.9. The SMILES string of the molecule is CCCC=Cc1nnn[nH]1. The van der Waals surface area contributed by atoms with Crippen molar-refractivity contribution >= 4 is 6.08 Å². The molecule has 0 aliphatic carbocycles. The lowest BCUT2D eigenvalue weighted by atomic mass is 10.3. The van der Waals surface area contributed by atoms with Gasteiger partial charge >= 0.3 is 0 Å². The van der Waals surface area contributed by atoms with Crippen molar-refractivity contribution in [1.82, 2.24) is 20.6 Å². The van der Waals surface area contributed by atoms with E-state index in [1.807, 2.05) is 12.2 Å². The smallest absolute Gasteiger partial charge is 0.171 e. The molecule has 10 heavy (non-hydrogen) atoms. The van der Waals surface area contributed by atoms with Crippen molar-refractivity contribution in [3.05, 3.63) is 11.9 Å². The summed E-state index contributed by atoms with van der Waals surface area (Å²) in [5.74, 6) is 0.716. The molecule has 0 aliphatic heterocycles. The average Bonchev–Trinajstić information content (AvgIpc) is 2.41. The minimum absolute atomic E-state index is 0.716. The summed E-state index contributed by atoms with van der Waals surface area (Å²) in [5, 5.41) is 13.2. The molecule has 0 radical (unpaired) electrons. The maximum atomic E-state index is 3.68. The molecule has 1 aromatic heterocycles. The van der Waals surface area contributed by atoms with Gasteiger partial charge in [0.05, 0.1) is 0 Å². The van der Waals surface area contributed by atoms with E-state index in [0.29, 0.717) is 5.82 Å². The molecule has 4 heteroatoms. The van der Waals surface area contributed by atoms with Crippen LogP contribution < -0.4 is 0 Å². The Balaban J connectivity index is 2.40. The molecule has 1 rings (SSSR count). The number of unbranched alkanes of at least 4 members (excludes halogenated alkanes) is 1. The third-order valence-electron chi connectivity index (χ3n) is 1.09. The highest BCUT2D eigenvalue weighted by Crippen LogP contribution is 1.93. The van der Waals surface area contributed by atoms with Crippen molar-refractivity contribution in [3.8, 4) is 0 Å². The van der Waals surface area contributed by atoms with Crippen LogP contribution in [-0.4, -0.2) is 20.6 Å². The van der Waals surface area contributed by atoms with Gasteiger partial charge < -0.3 is 0 Å². The van der Waals surface area contributed by atoms with Gasteiger partial charge in [-0.3, -0.25) is 0 Å². The number of allylic oxidation sites excluding steroid dienone is 1. The van der Waals surface area contributed by atoms with E-state index in [1.54, 1.807) is 0 Å². The van der Waals surface area contributed by atoms with Gasteiger partial charge in [0.1, 0.15) is 0 Å². The van der Waals surface area contributed by atoms with Crippen LogP contribution in [0.2, 0.25) is 0 Å². The van der Waals surface area contributed by atoms with Gasteiger partial charge in [-0.1, -0.05) is 19.4 Å². The maximum absolute atomic E-state index is 3.68. The van der Waals surface area contributed by atoms with Crippen molar-refractivity contribution in [2.24, 2.45) is 0 Å². The van der Waals surface area contributed by atoms with Crippen LogP contribution in [0, 0.1) is 0 Å². The summed E-state index contributed by atoms with van der Waals surface area (Å²) in [6.07, 6.45) is 6.14. The fraction of sp³-hybridized carbons (Fsp3) is 0.500. The maximum Gasteiger partial charge on any atom is 0.171 e. The van der Waals surface area contributed by atoms with Gasteiger partial charge in [-0.15, -0.1) is 5.10 Å². The van der Waals surface area contributed by atoms with Crippen molar-refractivity contribution in [3.63, 3.8) is 0 Å². The van der Waals surface area contributed by atoms with E-state index in [2.05, 4.69) is 27.5 Å². The molecule has 0 bridgehead atoms. The predicted octanol–water partition coefficient (Wildman–Crippen LogP) is 1.01. The van der Waals surface area contributed by atoms with Crippen LogP contribution in [0.3, 0.4) is 0 Å². The molecule has 0 amide bonds. The molecule has 0 aliphatic rings. The van der Waals surface area contributed by atoms with Crippen LogP contribution in [0.4, 0.5) is 0 Å². The fourth-order valence-corrected chi connectivity index (χ4v) is 0.599. The Hall–Kier alpha value is -1.19. The van der Waals surface area contributed by atoms with Gasteiger partial charge in [0, 0.05) is 0 Å². The zero-order valence-corrected chi connectivity index (χ0v) is 5.91. The first kappa shape index (κ1) is 6.92. The molecule has 0 spiro atoms. The van der Waals surface area contributed by atoms with Crippen molar-refractivity contribution in [2.45, 2.75) is 19.8 Å². The largest absolute Gasteiger partial charge is 0.239 e. The van der Waals surface area contributed by atoms with E-state index in [-0.39, 0.29) is 0 Å². The number of aromatic amines is 1. The van der Waals surface area contributed by atoms with Crippen LogP contribution >= 0.6 is 0 Å². The van der Waals surface area contributed by atoms with Crippen LogP contribution in [0.15, 0.2) is 6.08 Å². The molecule has 1 N–H and O–H groups in total. The van der Waals surface area contributed by atoms with Crippen LogP contribution in [-0.2, 0) is 0 Å². The molecule has 54 valence electrons. The summed E-state index contributed by atoms with van der Waals surface area (Å²) in [7, 11) is 0. The third-order valence-corrected chi connectivity index (χ3v) is 1.09. The molecule has 0 saturated carbocycles. The second-order valence-corrected chi connectivity index (χ2v) is 1.98. The standard InChI is InChI=1S/C6H10N4/c1-2-3-4-5-6-7-9-10-8-6/h4-5H,2-3H2,1H3,(H,7,8,9,10). The lowest BCUT2D eigenvalue weighted by molar-refractivity contribution is 0.881. The fourth-order valence-electron chi connectivity index (χ4n) is 0.599. The summed E-state index contributed by atoms with van der Waals surface area (Å²) >= 11 is 0. The highest BCUT2D eigenvalue weighted by atomic mass is 15.5. The Labute approximate surface area is 59.3 Å². The molecule has 0 fully saturated rings. The van der Waals surface area contributed by atoms with Crippen LogP contribution in [0.5, 0.6) is 0 Å². The van der Waals surface area contributed by atoms with Crippen molar-refractivity contribution in [1.29, 1.82) is 0 Å². The lowest BCUT2D eigenvalue weighted by Crippen LogP contribution is -1.73. The van der Waals surface area contributed by atoms with Gasteiger partial charge in [-0.25, -0.2) is 5.10 Å². The van der Waals surface area contributed by atoms with Gasteiger partial charge in [0.25, 0.3) is 0 Å². The Morgan fingerprint density at radius 2 is 2.50 bits per heavy atom. The second-order valence-electron chi connectivity index (χ2n) is 1.98. The molecular formula is C6H10N4. The van der Waals surface area contributed by atoms with Gasteiger partial charge in [0.2, 0.25) is 0 Å². The Kier molecular flexibility index (Phi) is 2.61. The Morgan fingerprint density at radius 1 is 1.60 bits per heavy atom. The van der Waals surface area contributed by atoms with E-state index in [0.717, 1.165) is 12.8 Å². The van der Waals surface area contributed by atoms with E-state index in [1.165, 1.54) is 0 Å². The summed E-state index contributed by atoms with van der Waals surface area (Å²) in [6.45, 7) is 2.13. The molecule has 4 nitrogen and oxygen atoms in total. The average molecular weight is 138 g/mol. The predicted molar refractivity (Wildman–Crippen MR) is 38.1 cm³/mol. The lowest BCUT2D eigenvalue weighted by Gasteiger charge is -1.80. The van der Waals surface area contributed by atoms with E-state index < -0.39 is 0 Å². The quantitative estimate of drug-likeness (QED) is 0.678. The molecule has 0 atom stereocenters. The summed E-state index contributed by atoms with van der Waals surface area (Å²) in [4.78, 5) is 0. The van der Waals surface area contributed by atoms with E-state index >= 15 is 0 Å². The minimum atomic E-state index is 0.716. The molecular weight excluding hydrogens is 128 g/mol. The zero-order chi connectivity index (χ0) is 7.23.